The molecule has 112 valence electrons. The van der Waals surface area contributed by atoms with Gasteiger partial charge >= 0.3 is 0 Å². The van der Waals surface area contributed by atoms with Gasteiger partial charge in [-0.1, -0.05) is 56.7 Å². The Hall–Kier alpha value is -1.76. The lowest BCUT2D eigenvalue weighted by molar-refractivity contribution is 0.413. The van der Waals surface area contributed by atoms with Gasteiger partial charge in [-0.15, -0.1) is 0 Å². The van der Waals surface area contributed by atoms with Crippen molar-refractivity contribution >= 4 is 0 Å². The molecule has 2 rings (SSSR count). The third-order valence-electron chi connectivity index (χ3n) is 4.04. The molecule has 1 atom stereocenters. The molecular weight excluding hydrogens is 256 g/mol. The maximum atomic E-state index is 5.45. The van der Waals surface area contributed by atoms with Crippen molar-refractivity contribution in [3.8, 4) is 5.75 Å². The van der Waals surface area contributed by atoms with Crippen molar-refractivity contribution in [3.63, 3.8) is 0 Å². The lowest BCUT2D eigenvalue weighted by Gasteiger charge is -2.16. The van der Waals surface area contributed by atoms with Crippen LogP contribution in [0.25, 0.3) is 0 Å². The molecule has 1 unspecified atom stereocenters. The highest BCUT2D eigenvalue weighted by atomic mass is 16.5. The standard InChI is InChI=1S/C20H26O/c1-14(2)19-11-17(12-20(13-19)21-5)10-16(4)18-8-6-7-15(3)9-18/h6-9,11-14,16H,10H2,1-5H3. The molecule has 0 aliphatic heterocycles. The Morgan fingerprint density at radius 1 is 0.952 bits per heavy atom. The van der Waals surface area contributed by atoms with Gasteiger partial charge in [0.15, 0.2) is 0 Å². The fourth-order valence-electron chi connectivity index (χ4n) is 2.70. The van der Waals surface area contributed by atoms with Crippen LogP contribution in [0.1, 0.15) is 54.9 Å². The number of hydrogen-bond acceptors (Lipinski definition) is 1. The van der Waals surface area contributed by atoms with Crippen LogP contribution >= 0.6 is 0 Å². The molecule has 0 radical (unpaired) electrons. The first-order valence-electron chi connectivity index (χ1n) is 7.74. The van der Waals surface area contributed by atoms with Crippen molar-refractivity contribution in [1.82, 2.24) is 0 Å². The average molecular weight is 282 g/mol. The van der Waals surface area contributed by atoms with Gasteiger partial charge in [-0.05, 0) is 54.0 Å². The highest BCUT2D eigenvalue weighted by Gasteiger charge is 2.10. The summed E-state index contributed by atoms with van der Waals surface area (Å²) in [5.41, 5.74) is 5.43. The van der Waals surface area contributed by atoms with Gasteiger partial charge in [0.05, 0.1) is 7.11 Å². The Morgan fingerprint density at radius 3 is 2.33 bits per heavy atom. The zero-order valence-electron chi connectivity index (χ0n) is 13.8. The molecule has 0 fully saturated rings. The van der Waals surface area contributed by atoms with E-state index in [9.17, 15) is 0 Å². The molecule has 0 heterocycles. The van der Waals surface area contributed by atoms with E-state index >= 15 is 0 Å². The first kappa shape index (κ1) is 15.6. The maximum Gasteiger partial charge on any atom is 0.119 e. The maximum absolute atomic E-state index is 5.45. The minimum atomic E-state index is 0.511. The van der Waals surface area contributed by atoms with Crippen LogP contribution in [0.5, 0.6) is 5.75 Å². The van der Waals surface area contributed by atoms with Crippen LogP contribution in [0.4, 0.5) is 0 Å². The molecular formula is C20H26O. The summed E-state index contributed by atoms with van der Waals surface area (Å²) in [6.07, 6.45) is 1.04. The van der Waals surface area contributed by atoms with Crippen LogP contribution in [0.2, 0.25) is 0 Å². The van der Waals surface area contributed by atoms with Crippen LogP contribution < -0.4 is 4.74 Å². The molecule has 0 spiro atoms. The minimum absolute atomic E-state index is 0.511. The summed E-state index contributed by atoms with van der Waals surface area (Å²) in [4.78, 5) is 0. The second-order valence-electron chi connectivity index (χ2n) is 6.29. The van der Waals surface area contributed by atoms with Crippen LogP contribution in [-0.2, 0) is 6.42 Å². The van der Waals surface area contributed by atoms with Gasteiger partial charge in [-0.3, -0.25) is 0 Å². The van der Waals surface area contributed by atoms with Gasteiger partial charge in [0.25, 0.3) is 0 Å². The number of rotatable bonds is 5. The van der Waals surface area contributed by atoms with E-state index in [2.05, 4.69) is 70.2 Å². The van der Waals surface area contributed by atoms with Gasteiger partial charge in [-0.2, -0.15) is 0 Å². The summed E-state index contributed by atoms with van der Waals surface area (Å²) in [6.45, 7) is 8.90. The molecule has 0 saturated carbocycles. The Labute approximate surface area is 129 Å². The van der Waals surface area contributed by atoms with E-state index < -0.39 is 0 Å². The summed E-state index contributed by atoms with van der Waals surface area (Å²) < 4.78 is 5.45. The first-order chi connectivity index (χ1) is 9.99. The topological polar surface area (TPSA) is 9.23 Å². The smallest absolute Gasteiger partial charge is 0.119 e. The van der Waals surface area contributed by atoms with Crippen molar-refractivity contribution in [1.29, 1.82) is 0 Å². The molecule has 2 aromatic carbocycles. The molecule has 0 aliphatic carbocycles. The normalized spacial score (nSPS) is 12.5. The molecule has 0 saturated heterocycles. The predicted molar refractivity (Wildman–Crippen MR) is 90.4 cm³/mol. The van der Waals surface area contributed by atoms with E-state index in [1.165, 1.54) is 22.3 Å². The van der Waals surface area contributed by atoms with Gasteiger partial charge in [-0.25, -0.2) is 0 Å². The minimum Gasteiger partial charge on any atom is -0.497 e. The summed E-state index contributed by atoms with van der Waals surface area (Å²) in [6, 6.07) is 15.4. The molecule has 0 N–H and O–H groups in total. The van der Waals surface area contributed by atoms with Crippen molar-refractivity contribution in [2.45, 2.75) is 46.0 Å². The highest BCUT2D eigenvalue weighted by Crippen LogP contribution is 2.27. The largest absolute Gasteiger partial charge is 0.497 e. The van der Waals surface area contributed by atoms with Gasteiger partial charge in [0, 0.05) is 0 Å². The Morgan fingerprint density at radius 2 is 1.71 bits per heavy atom. The zero-order chi connectivity index (χ0) is 15.4. The fraction of sp³-hybridized carbons (Fsp3) is 0.400. The highest BCUT2D eigenvalue weighted by molar-refractivity contribution is 5.37. The van der Waals surface area contributed by atoms with Crippen molar-refractivity contribution in [2.75, 3.05) is 7.11 Å². The predicted octanol–water partition coefficient (Wildman–Crippen LogP) is 5.47. The summed E-state index contributed by atoms with van der Waals surface area (Å²) in [5.74, 6) is 2.00. The number of benzene rings is 2. The second-order valence-corrected chi connectivity index (χ2v) is 6.29. The monoisotopic (exact) mass is 282 g/mol. The first-order valence-corrected chi connectivity index (χ1v) is 7.74. The summed E-state index contributed by atoms with van der Waals surface area (Å²) >= 11 is 0. The number of aryl methyl sites for hydroxylation is 1. The van der Waals surface area contributed by atoms with Crippen LogP contribution in [0.3, 0.4) is 0 Å². The fourth-order valence-corrected chi connectivity index (χ4v) is 2.70. The summed E-state index contributed by atoms with van der Waals surface area (Å²) in [5, 5.41) is 0. The zero-order valence-corrected chi connectivity index (χ0v) is 13.8. The van der Waals surface area contributed by atoms with E-state index in [1.807, 2.05) is 0 Å². The number of ether oxygens (including phenoxy) is 1. The Kier molecular flexibility index (Phi) is 5.06. The second kappa shape index (κ2) is 6.80. The molecule has 2 aromatic rings. The molecule has 21 heavy (non-hydrogen) atoms. The molecule has 0 aromatic heterocycles. The van der Waals surface area contributed by atoms with E-state index in [1.54, 1.807) is 7.11 Å². The van der Waals surface area contributed by atoms with E-state index in [0.29, 0.717) is 11.8 Å². The SMILES string of the molecule is COc1cc(CC(C)c2cccc(C)c2)cc(C(C)C)c1. The molecule has 0 bridgehead atoms. The quantitative estimate of drug-likeness (QED) is 0.706. The van der Waals surface area contributed by atoms with Crippen molar-refractivity contribution in [2.24, 2.45) is 0 Å². The number of hydrogen-bond donors (Lipinski definition) is 0. The lowest BCUT2D eigenvalue weighted by atomic mass is 9.91. The van der Waals surface area contributed by atoms with Crippen molar-refractivity contribution in [3.05, 3.63) is 64.7 Å². The lowest BCUT2D eigenvalue weighted by Crippen LogP contribution is -2.01. The summed E-state index contributed by atoms with van der Waals surface area (Å²) in [7, 11) is 1.74. The average Bonchev–Trinajstić information content (AvgIpc) is 2.46. The van der Waals surface area contributed by atoms with Gasteiger partial charge in [0.1, 0.15) is 5.75 Å². The molecule has 0 amide bonds. The van der Waals surface area contributed by atoms with E-state index in [4.69, 9.17) is 4.74 Å². The van der Waals surface area contributed by atoms with Crippen LogP contribution in [0.15, 0.2) is 42.5 Å². The van der Waals surface area contributed by atoms with Gasteiger partial charge in [0.2, 0.25) is 0 Å². The third-order valence-corrected chi connectivity index (χ3v) is 4.04. The van der Waals surface area contributed by atoms with Crippen molar-refractivity contribution < 1.29 is 4.74 Å². The van der Waals surface area contributed by atoms with Gasteiger partial charge < -0.3 is 4.74 Å². The van der Waals surface area contributed by atoms with E-state index in [-0.39, 0.29) is 0 Å². The number of methoxy groups -OCH3 is 1. The van der Waals surface area contributed by atoms with E-state index in [0.717, 1.165) is 12.2 Å². The Balaban J connectivity index is 2.24. The molecule has 1 heteroatoms. The molecule has 0 aliphatic rings. The molecule has 1 nitrogen and oxygen atoms in total. The van der Waals surface area contributed by atoms with Crippen LogP contribution in [-0.4, -0.2) is 7.11 Å². The Bertz CT molecular complexity index is 599. The third kappa shape index (κ3) is 4.10. The van der Waals surface area contributed by atoms with Crippen LogP contribution in [0, 0.1) is 6.92 Å².